The Balaban J connectivity index is 1.96. The van der Waals surface area contributed by atoms with Crippen LogP contribution in [0.15, 0.2) is 0 Å². The first-order valence-corrected chi connectivity index (χ1v) is 7.85. The lowest BCUT2D eigenvalue weighted by molar-refractivity contribution is -0.155. The molecule has 2 atom stereocenters. The molecule has 0 aromatic heterocycles. The Labute approximate surface area is 124 Å². The molecule has 2 unspecified atom stereocenters. The van der Waals surface area contributed by atoms with Crippen molar-refractivity contribution in [3.63, 3.8) is 0 Å². The number of carbonyl (C=O) groups is 1. The van der Waals surface area contributed by atoms with Crippen LogP contribution < -0.4 is 5.32 Å². The molecule has 2 aliphatic rings. The van der Waals surface area contributed by atoms with Gasteiger partial charge in [0.1, 0.15) is 6.61 Å². The van der Waals surface area contributed by atoms with E-state index in [4.69, 9.17) is 9.47 Å². The van der Waals surface area contributed by atoms with Gasteiger partial charge in [-0.15, -0.1) is 0 Å². The molecule has 6 heteroatoms. The molecule has 1 aliphatic heterocycles. The van der Waals surface area contributed by atoms with Crippen LogP contribution >= 0.6 is 0 Å². The molecular weight excluding hydrogens is 280 g/mol. The van der Waals surface area contributed by atoms with Crippen LogP contribution in [0, 0.1) is 5.92 Å². The number of halogens is 2. The maximum Gasteiger partial charge on any atom is 0.408 e. The topological polar surface area (TPSA) is 47.6 Å². The monoisotopic (exact) mass is 305 g/mol. The Morgan fingerprint density at radius 3 is 2.62 bits per heavy atom. The van der Waals surface area contributed by atoms with Gasteiger partial charge in [-0.1, -0.05) is 32.1 Å². The first kappa shape index (κ1) is 16.5. The molecule has 2 fully saturated rings. The van der Waals surface area contributed by atoms with Crippen LogP contribution in [0.4, 0.5) is 13.6 Å². The Morgan fingerprint density at radius 1 is 1.33 bits per heavy atom. The van der Waals surface area contributed by atoms with Crippen molar-refractivity contribution in [3.8, 4) is 0 Å². The summed E-state index contributed by atoms with van der Waals surface area (Å²) in [5, 5.41) is 2.55. The van der Waals surface area contributed by atoms with Crippen molar-refractivity contribution in [2.24, 2.45) is 5.92 Å². The maximum atomic E-state index is 14.2. The number of amides is 1. The highest BCUT2D eigenvalue weighted by atomic mass is 19.3. The predicted octanol–water partition coefficient (Wildman–Crippen LogP) is 3.49. The number of ether oxygens (including phenoxy) is 2. The van der Waals surface area contributed by atoms with Gasteiger partial charge in [-0.3, -0.25) is 0 Å². The predicted molar refractivity (Wildman–Crippen MR) is 74.4 cm³/mol. The Bertz CT molecular complexity index is 357. The summed E-state index contributed by atoms with van der Waals surface area (Å²) < 4.78 is 38.3. The Kier molecular flexibility index (Phi) is 5.41. The summed E-state index contributed by atoms with van der Waals surface area (Å²) >= 11 is 0. The van der Waals surface area contributed by atoms with Crippen molar-refractivity contribution in [3.05, 3.63) is 0 Å². The number of alkyl carbamates (subject to hydrolysis) is 1. The number of alkyl halides is 2. The van der Waals surface area contributed by atoms with Gasteiger partial charge in [0.15, 0.2) is 6.10 Å². The minimum absolute atomic E-state index is 0.280. The van der Waals surface area contributed by atoms with Gasteiger partial charge in [0.2, 0.25) is 0 Å². The van der Waals surface area contributed by atoms with E-state index in [0.29, 0.717) is 12.3 Å². The second-order valence-electron chi connectivity index (χ2n) is 6.44. The fraction of sp³-hybridized carbons (Fsp3) is 0.933. The molecule has 1 heterocycles. The molecule has 1 saturated carbocycles. The van der Waals surface area contributed by atoms with E-state index in [9.17, 15) is 13.6 Å². The smallest absolute Gasteiger partial charge is 0.408 e. The molecule has 0 aromatic carbocycles. The second kappa shape index (κ2) is 6.90. The lowest BCUT2D eigenvalue weighted by Gasteiger charge is -2.29. The van der Waals surface area contributed by atoms with E-state index in [-0.39, 0.29) is 6.10 Å². The SMILES string of the molecule is CC(C)OCC(F)(F)C1OC(=O)NC1CC1CCCCC1. The third-order valence-corrected chi connectivity index (χ3v) is 4.24. The molecule has 122 valence electrons. The number of hydrogen-bond acceptors (Lipinski definition) is 3. The van der Waals surface area contributed by atoms with Gasteiger partial charge in [-0.2, -0.15) is 8.78 Å². The number of nitrogens with one attached hydrogen (secondary N) is 1. The average Bonchev–Trinajstić information content (AvgIpc) is 2.79. The number of cyclic esters (lactones) is 1. The lowest BCUT2D eigenvalue weighted by atomic mass is 9.83. The summed E-state index contributed by atoms with van der Waals surface area (Å²) in [5.41, 5.74) is 0. The van der Waals surface area contributed by atoms with Crippen LogP contribution in [0.25, 0.3) is 0 Å². The maximum absolute atomic E-state index is 14.2. The molecule has 1 aliphatic carbocycles. The molecule has 4 nitrogen and oxygen atoms in total. The second-order valence-corrected chi connectivity index (χ2v) is 6.44. The molecule has 2 rings (SSSR count). The van der Waals surface area contributed by atoms with E-state index < -0.39 is 30.8 Å². The lowest BCUT2D eigenvalue weighted by Crippen LogP contribution is -2.47. The molecule has 0 radical (unpaired) electrons. The van der Waals surface area contributed by atoms with E-state index in [1.807, 2.05) is 0 Å². The highest BCUT2D eigenvalue weighted by Crippen LogP contribution is 2.34. The molecule has 1 N–H and O–H groups in total. The highest BCUT2D eigenvalue weighted by molar-refractivity contribution is 5.70. The Hall–Kier alpha value is -0.910. The quantitative estimate of drug-likeness (QED) is 0.817. The van der Waals surface area contributed by atoms with Gasteiger partial charge in [0.25, 0.3) is 0 Å². The summed E-state index contributed by atoms with van der Waals surface area (Å²) in [5.74, 6) is -2.77. The standard InChI is InChI=1S/C15H25F2NO3/c1-10(2)20-9-15(16,17)13-12(18-14(19)21-13)8-11-6-4-3-5-7-11/h10-13H,3-9H2,1-2H3,(H,18,19). The molecule has 0 spiro atoms. The van der Waals surface area contributed by atoms with Crippen LogP contribution in [0.2, 0.25) is 0 Å². The van der Waals surface area contributed by atoms with E-state index in [0.717, 1.165) is 25.7 Å². The summed E-state index contributed by atoms with van der Waals surface area (Å²) in [6, 6.07) is -0.619. The summed E-state index contributed by atoms with van der Waals surface area (Å²) in [6.45, 7) is 2.69. The van der Waals surface area contributed by atoms with Crippen LogP contribution in [-0.2, 0) is 9.47 Å². The van der Waals surface area contributed by atoms with Gasteiger partial charge < -0.3 is 14.8 Å². The van der Waals surface area contributed by atoms with Crippen molar-refractivity contribution in [1.29, 1.82) is 0 Å². The molecule has 21 heavy (non-hydrogen) atoms. The first-order chi connectivity index (χ1) is 9.88. The third-order valence-electron chi connectivity index (χ3n) is 4.24. The highest BCUT2D eigenvalue weighted by Gasteiger charge is 2.52. The normalized spacial score (nSPS) is 27.8. The van der Waals surface area contributed by atoms with Crippen LogP contribution in [-0.4, -0.2) is 36.9 Å². The van der Waals surface area contributed by atoms with Gasteiger partial charge >= 0.3 is 12.0 Å². The minimum Gasteiger partial charge on any atom is -0.437 e. The van der Waals surface area contributed by atoms with Crippen molar-refractivity contribution in [2.45, 2.75) is 76.5 Å². The van der Waals surface area contributed by atoms with Crippen molar-refractivity contribution < 1.29 is 23.0 Å². The van der Waals surface area contributed by atoms with Crippen LogP contribution in [0.1, 0.15) is 52.4 Å². The largest absolute Gasteiger partial charge is 0.437 e. The molecule has 0 bridgehead atoms. The summed E-state index contributed by atoms with van der Waals surface area (Å²) in [7, 11) is 0. The van der Waals surface area contributed by atoms with Crippen LogP contribution in [0.5, 0.6) is 0 Å². The molecule has 1 saturated heterocycles. The van der Waals surface area contributed by atoms with E-state index in [2.05, 4.69) is 5.32 Å². The van der Waals surface area contributed by atoms with Crippen LogP contribution in [0.3, 0.4) is 0 Å². The summed E-state index contributed by atoms with van der Waals surface area (Å²) in [4.78, 5) is 11.4. The zero-order valence-electron chi connectivity index (χ0n) is 12.7. The fourth-order valence-corrected chi connectivity index (χ4v) is 3.16. The zero-order chi connectivity index (χ0) is 15.5. The van der Waals surface area contributed by atoms with E-state index in [1.54, 1.807) is 13.8 Å². The number of hydrogen-bond donors (Lipinski definition) is 1. The molecule has 0 aromatic rings. The van der Waals surface area contributed by atoms with Gasteiger partial charge in [-0.05, 0) is 26.2 Å². The minimum atomic E-state index is -3.16. The van der Waals surface area contributed by atoms with Crippen molar-refractivity contribution in [1.82, 2.24) is 5.32 Å². The Morgan fingerprint density at radius 2 is 2.00 bits per heavy atom. The van der Waals surface area contributed by atoms with Gasteiger partial charge in [-0.25, -0.2) is 4.79 Å². The van der Waals surface area contributed by atoms with E-state index >= 15 is 0 Å². The molecule has 1 amide bonds. The van der Waals surface area contributed by atoms with Gasteiger partial charge in [0.05, 0.1) is 12.1 Å². The van der Waals surface area contributed by atoms with Crippen molar-refractivity contribution in [2.75, 3.05) is 6.61 Å². The van der Waals surface area contributed by atoms with Crippen molar-refractivity contribution >= 4 is 6.09 Å². The van der Waals surface area contributed by atoms with Gasteiger partial charge in [0, 0.05) is 0 Å². The molecular formula is C15H25F2NO3. The van der Waals surface area contributed by atoms with E-state index in [1.165, 1.54) is 6.42 Å². The summed E-state index contributed by atoms with van der Waals surface area (Å²) in [6.07, 6.45) is 3.71. The average molecular weight is 305 g/mol. The zero-order valence-corrected chi connectivity index (χ0v) is 12.7. The third kappa shape index (κ3) is 4.53. The number of rotatable bonds is 6. The fourth-order valence-electron chi connectivity index (χ4n) is 3.16. The first-order valence-electron chi connectivity index (χ1n) is 7.85. The number of carbonyl (C=O) groups excluding carboxylic acids is 1.